The maximum atomic E-state index is 12.9. The fraction of sp³-hybridized carbons (Fsp3) is 0.520. The molecule has 9 heteroatoms. The molecule has 0 radical (unpaired) electrons. The number of carbonyl (C=O) groups is 3. The number of amides is 3. The van der Waals surface area contributed by atoms with E-state index in [0.29, 0.717) is 30.5 Å². The first kappa shape index (κ1) is 21.3. The number of ether oxygens (including phenoxy) is 1. The summed E-state index contributed by atoms with van der Waals surface area (Å²) in [5.41, 5.74) is 1.47. The predicted molar refractivity (Wildman–Crippen MR) is 120 cm³/mol. The summed E-state index contributed by atoms with van der Waals surface area (Å²) in [5, 5.41) is 2.34. The Bertz CT molecular complexity index is 1150. The number of aromatic nitrogens is 1. The summed E-state index contributed by atoms with van der Waals surface area (Å²) in [5.74, 6) is 1.94. The van der Waals surface area contributed by atoms with Crippen LogP contribution in [0.15, 0.2) is 28.8 Å². The predicted octanol–water partition coefficient (Wildman–Crippen LogP) is 2.14. The lowest BCUT2D eigenvalue weighted by atomic mass is 9.96. The van der Waals surface area contributed by atoms with Crippen LogP contribution in [0.1, 0.15) is 65.6 Å². The van der Waals surface area contributed by atoms with Crippen LogP contribution in [-0.4, -0.2) is 63.8 Å². The fourth-order valence-corrected chi connectivity index (χ4v) is 5.76. The minimum absolute atomic E-state index is 0.105. The molecule has 2 saturated heterocycles. The van der Waals surface area contributed by atoms with Crippen molar-refractivity contribution in [2.24, 2.45) is 0 Å². The van der Waals surface area contributed by atoms with E-state index in [4.69, 9.17) is 9.15 Å². The lowest BCUT2D eigenvalue weighted by Gasteiger charge is -2.43. The number of piperidine rings is 1. The SMILES string of the molecule is Cc1cnc(C2CN([C@H]3CCCC3Oc3ccc4c(c3)CN(C3CCC(=O)NC3=O)C4=O)C2)o1. The van der Waals surface area contributed by atoms with E-state index in [2.05, 4.69) is 15.2 Å². The maximum Gasteiger partial charge on any atom is 0.255 e. The number of nitrogens with one attached hydrogen (secondary N) is 1. The van der Waals surface area contributed by atoms with Gasteiger partial charge >= 0.3 is 0 Å². The molecule has 3 amide bonds. The smallest absolute Gasteiger partial charge is 0.255 e. The molecule has 0 spiro atoms. The standard InChI is InChI=1S/C25H28N4O5/c1-14-10-26-24(33-14)16-11-28(12-16)19-3-2-4-21(19)34-17-5-6-18-15(9-17)13-29(25(18)32)20-7-8-22(30)27-23(20)31/h5-6,9-10,16,19-21H,2-4,7-8,11-13H2,1H3,(H,27,30,31)/t19-,20?,21?/m0/s1. The minimum Gasteiger partial charge on any atom is -0.489 e. The monoisotopic (exact) mass is 464 g/mol. The first-order valence-corrected chi connectivity index (χ1v) is 12.1. The van der Waals surface area contributed by atoms with E-state index < -0.39 is 11.9 Å². The summed E-state index contributed by atoms with van der Waals surface area (Å²) in [6.45, 7) is 4.14. The van der Waals surface area contributed by atoms with Gasteiger partial charge in [-0.2, -0.15) is 0 Å². The molecule has 6 rings (SSSR count). The molecule has 1 N–H and O–H groups in total. The fourth-order valence-electron chi connectivity index (χ4n) is 5.76. The van der Waals surface area contributed by atoms with Crippen molar-refractivity contribution in [3.8, 4) is 5.75 Å². The number of imide groups is 1. The van der Waals surface area contributed by atoms with Crippen LogP contribution < -0.4 is 10.1 Å². The van der Waals surface area contributed by atoms with Crippen LogP contribution in [-0.2, 0) is 16.1 Å². The molecule has 9 nitrogen and oxygen atoms in total. The molecule has 1 aromatic heterocycles. The highest BCUT2D eigenvalue weighted by Crippen LogP contribution is 2.37. The second-order valence-corrected chi connectivity index (χ2v) is 9.83. The summed E-state index contributed by atoms with van der Waals surface area (Å²) in [4.78, 5) is 45.1. The van der Waals surface area contributed by atoms with Gasteiger partial charge in [0.1, 0.15) is 23.7 Å². The van der Waals surface area contributed by atoms with Crippen molar-refractivity contribution in [3.05, 3.63) is 47.2 Å². The Kier molecular flexibility index (Phi) is 5.17. The molecule has 2 unspecified atom stereocenters. The van der Waals surface area contributed by atoms with Crippen LogP contribution >= 0.6 is 0 Å². The maximum absolute atomic E-state index is 12.9. The van der Waals surface area contributed by atoms with Crippen LogP contribution in [0.25, 0.3) is 0 Å². The third-order valence-electron chi connectivity index (χ3n) is 7.57. The molecule has 34 heavy (non-hydrogen) atoms. The lowest BCUT2D eigenvalue weighted by Crippen LogP contribution is -2.54. The number of rotatable bonds is 5. The average Bonchev–Trinajstić information content (AvgIpc) is 3.48. The van der Waals surface area contributed by atoms with Crippen LogP contribution in [0.2, 0.25) is 0 Å². The molecular formula is C25H28N4O5. The second-order valence-electron chi connectivity index (χ2n) is 9.83. The van der Waals surface area contributed by atoms with Gasteiger partial charge in [-0.15, -0.1) is 0 Å². The first-order valence-electron chi connectivity index (χ1n) is 12.1. The van der Waals surface area contributed by atoms with Crippen LogP contribution in [0.5, 0.6) is 5.75 Å². The van der Waals surface area contributed by atoms with E-state index in [9.17, 15) is 14.4 Å². The normalized spacial score (nSPS) is 27.6. The van der Waals surface area contributed by atoms with Crippen molar-refractivity contribution in [1.29, 1.82) is 0 Å². The molecule has 3 aliphatic heterocycles. The molecule has 4 aliphatic rings. The van der Waals surface area contributed by atoms with Crippen molar-refractivity contribution in [2.45, 2.75) is 69.7 Å². The van der Waals surface area contributed by atoms with Gasteiger partial charge in [-0.25, -0.2) is 4.98 Å². The Balaban J connectivity index is 1.10. The Morgan fingerprint density at radius 2 is 2.00 bits per heavy atom. The summed E-state index contributed by atoms with van der Waals surface area (Å²) < 4.78 is 12.1. The summed E-state index contributed by atoms with van der Waals surface area (Å²) in [7, 11) is 0. The molecule has 1 saturated carbocycles. The molecule has 1 aliphatic carbocycles. The van der Waals surface area contributed by atoms with E-state index in [1.807, 2.05) is 19.1 Å². The number of aryl methyl sites for hydroxylation is 1. The number of oxazole rings is 1. The van der Waals surface area contributed by atoms with Crippen molar-refractivity contribution in [1.82, 2.24) is 20.1 Å². The average molecular weight is 465 g/mol. The van der Waals surface area contributed by atoms with Crippen LogP contribution in [0.4, 0.5) is 0 Å². The molecular weight excluding hydrogens is 436 g/mol. The molecule has 3 fully saturated rings. The van der Waals surface area contributed by atoms with E-state index >= 15 is 0 Å². The van der Waals surface area contributed by atoms with E-state index in [1.165, 1.54) is 0 Å². The van der Waals surface area contributed by atoms with Crippen LogP contribution in [0.3, 0.4) is 0 Å². The highest BCUT2D eigenvalue weighted by molar-refractivity contribution is 6.05. The Morgan fingerprint density at radius 3 is 2.76 bits per heavy atom. The Morgan fingerprint density at radius 1 is 1.15 bits per heavy atom. The van der Waals surface area contributed by atoms with Gasteiger partial charge in [-0.05, 0) is 56.4 Å². The summed E-state index contributed by atoms with van der Waals surface area (Å²) in [6, 6.07) is 5.35. The van der Waals surface area contributed by atoms with Crippen molar-refractivity contribution >= 4 is 17.7 Å². The van der Waals surface area contributed by atoms with Gasteiger partial charge in [-0.3, -0.25) is 24.6 Å². The third-order valence-corrected chi connectivity index (χ3v) is 7.57. The Labute approximate surface area is 197 Å². The quantitative estimate of drug-likeness (QED) is 0.676. The lowest BCUT2D eigenvalue weighted by molar-refractivity contribution is -0.136. The molecule has 1 aromatic carbocycles. The number of benzene rings is 1. The van der Waals surface area contributed by atoms with Gasteiger partial charge in [0.25, 0.3) is 5.91 Å². The number of hydrogen-bond donors (Lipinski definition) is 1. The van der Waals surface area contributed by atoms with Crippen molar-refractivity contribution in [3.63, 3.8) is 0 Å². The molecule has 4 heterocycles. The zero-order valence-corrected chi connectivity index (χ0v) is 19.2. The molecule has 3 atom stereocenters. The first-order chi connectivity index (χ1) is 16.5. The van der Waals surface area contributed by atoms with E-state index in [0.717, 1.165) is 55.3 Å². The zero-order valence-electron chi connectivity index (χ0n) is 19.2. The second kappa shape index (κ2) is 8.23. The topological polar surface area (TPSA) is 105 Å². The van der Waals surface area contributed by atoms with Crippen molar-refractivity contribution < 1.29 is 23.5 Å². The Hall–Kier alpha value is -3.20. The van der Waals surface area contributed by atoms with E-state index in [-0.39, 0.29) is 24.3 Å². The number of nitrogens with zero attached hydrogens (tertiary/aromatic N) is 3. The number of likely N-dealkylation sites (tertiary alicyclic amines) is 1. The van der Waals surface area contributed by atoms with Gasteiger partial charge in [0.05, 0.1) is 12.1 Å². The third kappa shape index (κ3) is 3.68. The number of hydrogen-bond acceptors (Lipinski definition) is 7. The van der Waals surface area contributed by atoms with Gasteiger partial charge in [0.15, 0.2) is 5.89 Å². The van der Waals surface area contributed by atoms with Gasteiger partial charge < -0.3 is 14.1 Å². The zero-order chi connectivity index (χ0) is 23.4. The highest BCUT2D eigenvalue weighted by atomic mass is 16.5. The number of carbonyl (C=O) groups excluding carboxylic acids is 3. The van der Waals surface area contributed by atoms with Gasteiger partial charge in [0, 0.05) is 37.7 Å². The van der Waals surface area contributed by atoms with Gasteiger partial charge in [0.2, 0.25) is 11.8 Å². The molecule has 2 aromatic rings. The van der Waals surface area contributed by atoms with Crippen molar-refractivity contribution in [2.75, 3.05) is 13.1 Å². The highest BCUT2D eigenvalue weighted by Gasteiger charge is 2.43. The summed E-state index contributed by atoms with van der Waals surface area (Å²) in [6.07, 6.45) is 5.73. The van der Waals surface area contributed by atoms with Crippen LogP contribution in [0, 0.1) is 6.92 Å². The minimum atomic E-state index is -0.604. The van der Waals surface area contributed by atoms with Gasteiger partial charge in [-0.1, -0.05) is 0 Å². The molecule has 178 valence electrons. The summed E-state index contributed by atoms with van der Waals surface area (Å²) >= 11 is 0. The number of fused-ring (bicyclic) bond motifs is 1. The van der Waals surface area contributed by atoms with E-state index in [1.54, 1.807) is 17.2 Å². The molecule has 0 bridgehead atoms. The largest absolute Gasteiger partial charge is 0.489 e.